The Labute approximate surface area is 154 Å². The van der Waals surface area contributed by atoms with E-state index >= 15 is 0 Å². The Morgan fingerprint density at radius 2 is 2.04 bits per heavy atom. The molecule has 1 aliphatic rings. The quantitative estimate of drug-likeness (QED) is 0.594. The van der Waals surface area contributed by atoms with Crippen molar-refractivity contribution in [2.45, 2.75) is 6.54 Å². The van der Waals surface area contributed by atoms with E-state index in [4.69, 9.17) is 9.47 Å². The Morgan fingerprint density at radius 1 is 1.11 bits per heavy atom. The van der Waals surface area contributed by atoms with E-state index in [2.05, 4.69) is 25.5 Å². The molecule has 4 aromatic rings. The first-order valence-corrected chi connectivity index (χ1v) is 8.58. The summed E-state index contributed by atoms with van der Waals surface area (Å²) in [4.78, 5) is 8.96. The number of benzene rings is 1. The summed E-state index contributed by atoms with van der Waals surface area (Å²) >= 11 is 0. The third kappa shape index (κ3) is 2.92. The van der Waals surface area contributed by atoms with E-state index in [0.717, 1.165) is 33.8 Å². The minimum atomic E-state index is 0.493. The average molecular weight is 363 g/mol. The van der Waals surface area contributed by atoms with Crippen LogP contribution in [-0.4, -0.2) is 42.7 Å². The van der Waals surface area contributed by atoms with Crippen LogP contribution in [-0.2, 0) is 13.6 Å². The number of ether oxygens (including phenoxy) is 2. The molecule has 0 atom stereocenters. The highest BCUT2D eigenvalue weighted by Crippen LogP contribution is 2.34. The van der Waals surface area contributed by atoms with Crippen LogP contribution in [0.3, 0.4) is 0 Å². The van der Waals surface area contributed by atoms with Gasteiger partial charge in [-0.15, -0.1) is 0 Å². The van der Waals surface area contributed by atoms with E-state index in [1.54, 1.807) is 23.3 Å². The van der Waals surface area contributed by atoms with Gasteiger partial charge in [0.1, 0.15) is 13.2 Å². The third-order valence-corrected chi connectivity index (χ3v) is 4.31. The van der Waals surface area contributed by atoms with Crippen molar-refractivity contribution >= 4 is 22.7 Å². The van der Waals surface area contributed by atoms with Crippen LogP contribution in [0.15, 0.2) is 43.0 Å². The number of nitrogens with zero attached hydrogens (tertiary/aromatic N) is 6. The van der Waals surface area contributed by atoms with E-state index in [1.165, 1.54) is 0 Å². The summed E-state index contributed by atoms with van der Waals surface area (Å²) in [5.41, 5.74) is 2.56. The lowest BCUT2D eigenvalue weighted by Gasteiger charge is -2.21. The van der Waals surface area contributed by atoms with Crippen LogP contribution in [0, 0.1) is 0 Å². The molecule has 1 aromatic carbocycles. The zero-order valence-corrected chi connectivity index (χ0v) is 14.7. The summed E-state index contributed by atoms with van der Waals surface area (Å²) < 4.78 is 15.0. The minimum absolute atomic E-state index is 0.493. The van der Waals surface area contributed by atoms with Crippen LogP contribution >= 0.6 is 0 Å². The standard InChI is InChI=1S/C18H17N7O2/c1-24-11-14(9-20-24)22-18-19-7-13-8-21-25(17(13)23-18)10-12-3-2-4-15-16(12)27-6-5-26-15/h2-4,7-9,11H,5-6,10H2,1H3,(H,19,22,23). The maximum Gasteiger partial charge on any atom is 0.229 e. The van der Waals surface area contributed by atoms with Gasteiger partial charge in [-0.05, 0) is 6.07 Å². The molecule has 0 bridgehead atoms. The van der Waals surface area contributed by atoms with Gasteiger partial charge >= 0.3 is 0 Å². The zero-order valence-electron chi connectivity index (χ0n) is 14.7. The molecular weight excluding hydrogens is 346 g/mol. The lowest BCUT2D eigenvalue weighted by atomic mass is 10.1. The smallest absolute Gasteiger partial charge is 0.229 e. The molecule has 5 rings (SSSR count). The summed E-state index contributed by atoms with van der Waals surface area (Å²) in [5, 5.41) is 12.6. The van der Waals surface area contributed by atoms with Crippen molar-refractivity contribution in [2.75, 3.05) is 18.5 Å². The van der Waals surface area contributed by atoms with Gasteiger partial charge in [0.25, 0.3) is 0 Å². The first-order chi connectivity index (χ1) is 13.3. The van der Waals surface area contributed by atoms with Crippen molar-refractivity contribution in [1.82, 2.24) is 29.5 Å². The van der Waals surface area contributed by atoms with Gasteiger partial charge in [0.05, 0.1) is 30.0 Å². The minimum Gasteiger partial charge on any atom is -0.486 e. The normalized spacial score (nSPS) is 13.1. The van der Waals surface area contributed by atoms with Crippen LogP contribution < -0.4 is 14.8 Å². The van der Waals surface area contributed by atoms with Gasteiger partial charge in [0.15, 0.2) is 17.1 Å². The molecule has 9 nitrogen and oxygen atoms in total. The molecule has 9 heteroatoms. The summed E-state index contributed by atoms with van der Waals surface area (Å²) in [6, 6.07) is 5.88. The molecule has 1 N–H and O–H groups in total. The lowest BCUT2D eigenvalue weighted by molar-refractivity contribution is 0.169. The number of aryl methyl sites for hydroxylation is 1. The summed E-state index contributed by atoms with van der Waals surface area (Å²) in [6.45, 7) is 1.64. The number of anilines is 2. The number of aromatic nitrogens is 6. The molecule has 1 aliphatic heterocycles. The fourth-order valence-corrected chi connectivity index (χ4v) is 3.08. The van der Waals surface area contributed by atoms with E-state index in [-0.39, 0.29) is 0 Å². The number of hydrogen-bond donors (Lipinski definition) is 1. The Balaban J connectivity index is 1.48. The lowest BCUT2D eigenvalue weighted by Crippen LogP contribution is -2.17. The van der Waals surface area contributed by atoms with Crippen molar-refractivity contribution in [3.63, 3.8) is 0 Å². The van der Waals surface area contributed by atoms with Crippen molar-refractivity contribution < 1.29 is 9.47 Å². The van der Waals surface area contributed by atoms with E-state index < -0.39 is 0 Å². The molecule has 0 saturated carbocycles. The monoisotopic (exact) mass is 363 g/mol. The second-order valence-corrected chi connectivity index (χ2v) is 6.24. The topological polar surface area (TPSA) is 91.9 Å². The molecule has 0 spiro atoms. The highest BCUT2D eigenvalue weighted by atomic mass is 16.6. The van der Waals surface area contributed by atoms with E-state index in [9.17, 15) is 0 Å². The maximum atomic E-state index is 5.80. The predicted molar refractivity (Wildman–Crippen MR) is 98.3 cm³/mol. The molecular formula is C18H17N7O2. The summed E-state index contributed by atoms with van der Waals surface area (Å²) in [6.07, 6.45) is 7.09. The molecule has 0 aliphatic carbocycles. The van der Waals surface area contributed by atoms with Crippen LogP contribution in [0.1, 0.15) is 5.56 Å². The van der Waals surface area contributed by atoms with Gasteiger partial charge in [0.2, 0.25) is 5.95 Å². The second kappa shape index (κ2) is 6.27. The Morgan fingerprint density at radius 3 is 2.93 bits per heavy atom. The van der Waals surface area contributed by atoms with Crippen LogP contribution in [0.25, 0.3) is 11.0 Å². The van der Waals surface area contributed by atoms with Crippen molar-refractivity contribution in [1.29, 1.82) is 0 Å². The van der Waals surface area contributed by atoms with Gasteiger partial charge in [-0.1, -0.05) is 12.1 Å². The van der Waals surface area contributed by atoms with E-state index in [0.29, 0.717) is 25.7 Å². The van der Waals surface area contributed by atoms with Gasteiger partial charge < -0.3 is 14.8 Å². The summed E-state index contributed by atoms with van der Waals surface area (Å²) in [7, 11) is 1.86. The fourth-order valence-electron chi connectivity index (χ4n) is 3.08. The average Bonchev–Trinajstić information content (AvgIpc) is 3.28. The van der Waals surface area contributed by atoms with Crippen molar-refractivity contribution in [3.05, 3.63) is 48.5 Å². The molecule has 136 valence electrons. The van der Waals surface area contributed by atoms with Gasteiger partial charge in [0, 0.05) is 25.0 Å². The van der Waals surface area contributed by atoms with E-state index in [1.807, 2.05) is 36.1 Å². The highest BCUT2D eigenvalue weighted by Gasteiger charge is 2.17. The largest absolute Gasteiger partial charge is 0.486 e. The number of para-hydroxylation sites is 1. The molecule has 0 saturated heterocycles. The van der Waals surface area contributed by atoms with Crippen LogP contribution in [0.4, 0.5) is 11.6 Å². The van der Waals surface area contributed by atoms with Gasteiger partial charge in [-0.2, -0.15) is 15.2 Å². The number of hydrogen-bond acceptors (Lipinski definition) is 7. The zero-order chi connectivity index (χ0) is 18.2. The van der Waals surface area contributed by atoms with Gasteiger partial charge in [-0.3, -0.25) is 4.68 Å². The first kappa shape index (κ1) is 15.6. The Bertz CT molecular complexity index is 1120. The SMILES string of the molecule is Cn1cc(Nc2ncc3cnn(Cc4cccc5c4OCCO5)c3n2)cn1. The highest BCUT2D eigenvalue weighted by molar-refractivity contribution is 5.75. The summed E-state index contributed by atoms with van der Waals surface area (Å²) in [5.74, 6) is 2.03. The second-order valence-electron chi connectivity index (χ2n) is 6.24. The number of fused-ring (bicyclic) bond motifs is 2. The van der Waals surface area contributed by atoms with Crippen LogP contribution in [0.5, 0.6) is 11.5 Å². The fraction of sp³-hybridized carbons (Fsp3) is 0.222. The molecule has 3 aromatic heterocycles. The molecule has 4 heterocycles. The van der Waals surface area contributed by atoms with Crippen molar-refractivity contribution in [2.24, 2.45) is 7.05 Å². The first-order valence-electron chi connectivity index (χ1n) is 8.58. The Hall–Kier alpha value is -3.62. The molecule has 27 heavy (non-hydrogen) atoms. The molecule has 0 unspecified atom stereocenters. The van der Waals surface area contributed by atoms with Gasteiger partial charge in [-0.25, -0.2) is 9.67 Å². The number of nitrogens with one attached hydrogen (secondary N) is 1. The molecule has 0 amide bonds. The molecule has 0 radical (unpaired) electrons. The maximum absolute atomic E-state index is 5.80. The van der Waals surface area contributed by atoms with Crippen molar-refractivity contribution in [3.8, 4) is 11.5 Å². The Kier molecular flexibility index (Phi) is 3.63. The predicted octanol–water partition coefficient (Wildman–Crippen LogP) is 2.12. The third-order valence-electron chi connectivity index (χ3n) is 4.31. The number of rotatable bonds is 4. The van der Waals surface area contributed by atoms with Crippen LogP contribution in [0.2, 0.25) is 0 Å². The molecule has 0 fully saturated rings.